The summed E-state index contributed by atoms with van der Waals surface area (Å²) in [5, 5.41) is 2.83. The molecule has 0 aliphatic heterocycles. The summed E-state index contributed by atoms with van der Waals surface area (Å²) in [5.41, 5.74) is 5.10. The Kier molecular flexibility index (Phi) is 5.32. The van der Waals surface area contributed by atoms with E-state index in [-0.39, 0.29) is 18.0 Å². The Balaban J connectivity index is 1.64. The van der Waals surface area contributed by atoms with Crippen molar-refractivity contribution in [3.05, 3.63) is 105 Å². The van der Waals surface area contributed by atoms with Gasteiger partial charge < -0.3 is 10.3 Å². The van der Waals surface area contributed by atoms with E-state index in [1.807, 2.05) is 62.4 Å². The lowest BCUT2D eigenvalue weighted by molar-refractivity contribution is 0.0950. The molecule has 2 N–H and O–H groups in total. The van der Waals surface area contributed by atoms with Crippen molar-refractivity contribution < 1.29 is 4.79 Å². The molecule has 1 aromatic heterocycles. The average molecular weight is 346 g/mol. The highest BCUT2D eigenvalue weighted by Crippen LogP contribution is 2.11. The fourth-order valence-electron chi connectivity index (χ4n) is 2.98. The highest BCUT2D eigenvalue weighted by atomic mass is 16.1. The van der Waals surface area contributed by atoms with Crippen molar-refractivity contribution in [1.82, 2.24) is 10.3 Å². The summed E-state index contributed by atoms with van der Waals surface area (Å²) in [6, 6.07) is 19.7. The molecule has 3 aromatic rings. The molecule has 0 radical (unpaired) electrons. The molecule has 0 bridgehead atoms. The Morgan fingerprint density at radius 2 is 1.62 bits per heavy atom. The van der Waals surface area contributed by atoms with Gasteiger partial charge in [0, 0.05) is 23.4 Å². The van der Waals surface area contributed by atoms with E-state index < -0.39 is 0 Å². The van der Waals surface area contributed by atoms with Crippen LogP contribution in [0, 0.1) is 13.8 Å². The van der Waals surface area contributed by atoms with Crippen LogP contribution in [0.3, 0.4) is 0 Å². The number of hydrogen-bond acceptors (Lipinski definition) is 2. The second-order valence-corrected chi connectivity index (χ2v) is 6.49. The molecule has 0 aliphatic carbocycles. The molecule has 4 nitrogen and oxygen atoms in total. The first-order chi connectivity index (χ1) is 12.5. The van der Waals surface area contributed by atoms with Crippen LogP contribution in [0.25, 0.3) is 0 Å². The van der Waals surface area contributed by atoms with Crippen molar-refractivity contribution >= 4 is 5.91 Å². The average Bonchev–Trinajstić information content (AvgIpc) is 2.62. The molecule has 0 saturated heterocycles. The van der Waals surface area contributed by atoms with Gasteiger partial charge in [-0.25, -0.2) is 0 Å². The van der Waals surface area contributed by atoms with Gasteiger partial charge in [-0.1, -0.05) is 42.5 Å². The predicted molar refractivity (Wildman–Crippen MR) is 103 cm³/mol. The van der Waals surface area contributed by atoms with Crippen molar-refractivity contribution in [2.45, 2.75) is 26.8 Å². The van der Waals surface area contributed by atoms with Crippen LogP contribution in [0.2, 0.25) is 0 Å². The van der Waals surface area contributed by atoms with Crippen molar-refractivity contribution in [3.8, 4) is 0 Å². The first-order valence-electron chi connectivity index (χ1n) is 8.63. The van der Waals surface area contributed by atoms with Gasteiger partial charge in [-0.05, 0) is 55.2 Å². The molecule has 0 aliphatic rings. The number of benzene rings is 2. The lowest BCUT2D eigenvalue weighted by atomic mass is 10.0. The van der Waals surface area contributed by atoms with Gasteiger partial charge >= 0.3 is 0 Å². The SMILES string of the molecule is Cc1cc(C)c(CNC(=O)c2ccc(Cc3ccccc3)cc2)c(=O)[nH]1. The molecule has 26 heavy (non-hydrogen) atoms. The van der Waals surface area contributed by atoms with Gasteiger partial charge in [0.05, 0.1) is 0 Å². The molecule has 1 amide bonds. The standard InChI is InChI=1S/C22H22N2O2/c1-15-12-16(2)24-22(26)20(15)14-23-21(25)19-10-8-18(9-11-19)13-17-6-4-3-5-7-17/h3-12H,13-14H2,1-2H3,(H,23,25)(H,24,26). The third kappa shape index (κ3) is 4.28. The van der Waals surface area contributed by atoms with Gasteiger partial charge in [0.25, 0.3) is 11.5 Å². The van der Waals surface area contributed by atoms with Crippen molar-refractivity contribution in [1.29, 1.82) is 0 Å². The fraction of sp³-hybridized carbons (Fsp3) is 0.182. The predicted octanol–water partition coefficient (Wildman–Crippen LogP) is 3.51. The van der Waals surface area contributed by atoms with Crippen LogP contribution in [-0.4, -0.2) is 10.9 Å². The summed E-state index contributed by atoms with van der Waals surface area (Å²) < 4.78 is 0. The Morgan fingerprint density at radius 3 is 2.27 bits per heavy atom. The number of amides is 1. The van der Waals surface area contributed by atoms with Crippen molar-refractivity contribution in [3.63, 3.8) is 0 Å². The maximum absolute atomic E-state index is 12.4. The minimum absolute atomic E-state index is 0.152. The molecule has 0 saturated carbocycles. The smallest absolute Gasteiger partial charge is 0.253 e. The number of carbonyl (C=O) groups is 1. The lowest BCUT2D eigenvalue weighted by Crippen LogP contribution is -2.27. The zero-order chi connectivity index (χ0) is 18.5. The number of pyridine rings is 1. The number of aromatic nitrogens is 1. The normalized spacial score (nSPS) is 10.5. The van der Waals surface area contributed by atoms with Gasteiger partial charge in [0.2, 0.25) is 0 Å². The van der Waals surface area contributed by atoms with Gasteiger partial charge in [0.1, 0.15) is 0 Å². The number of rotatable bonds is 5. The molecule has 3 rings (SSSR count). The minimum atomic E-state index is -0.185. The number of nitrogens with one attached hydrogen (secondary N) is 2. The lowest BCUT2D eigenvalue weighted by Gasteiger charge is -2.09. The van der Waals surface area contributed by atoms with Crippen molar-refractivity contribution in [2.75, 3.05) is 0 Å². The zero-order valence-electron chi connectivity index (χ0n) is 15.0. The number of aromatic amines is 1. The van der Waals surface area contributed by atoms with E-state index in [1.165, 1.54) is 5.56 Å². The van der Waals surface area contributed by atoms with Crippen molar-refractivity contribution in [2.24, 2.45) is 0 Å². The summed E-state index contributed by atoms with van der Waals surface area (Å²) in [4.78, 5) is 27.1. The third-order valence-electron chi connectivity index (χ3n) is 4.39. The third-order valence-corrected chi connectivity index (χ3v) is 4.39. The first kappa shape index (κ1) is 17.7. The fourth-order valence-corrected chi connectivity index (χ4v) is 2.98. The van der Waals surface area contributed by atoms with Crippen LogP contribution in [-0.2, 0) is 13.0 Å². The van der Waals surface area contributed by atoms with Gasteiger partial charge in [0.15, 0.2) is 0 Å². The number of aryl methyl sites for hydroxylation is 2. The highest BCUT2D eigenvalue weighted by Gasteiger charge is 2.09. The van der Waals surface area contributed by atoms with Gasteiger partial charge in [-0.15, -0.1) is 0 Å². The summed E-state index contributed by atoms with van der Waals surface area (Å²) in [6.07, 6.45) is 0.834. The minimum Gasteiger partial charge on any atom is -0.348 e. The summed E-state index contributed by atoms with van der Waals surface area (Å²) in [5.74, 6) is -0.185. The van der Waals surface area contributed by atoms with Crippen LogP contribution >= 0.6 is 0 Å². The zero-order valence-corrected chi connectivity index (χ0v) is 15.0. The van der Waals surface area contributed by atoms with Crippen LogP contribution in [0.1, 0.15) is 38.3 Å². The largest absolute Gasteiger partial charge is 0.348 e. The molecule has 0 spiro atoms. The van der Waals surface area contributed by atoms with Gasteiger partial charge in [-0.2, -0.15) is 0 Å². The van der Waals surface area contributed by atoms with E-state index in [2.05, 4.69) is 22.4 Å². The van der Waals surface area contributed by atoms with E-state index in [4.69, 9.17) is 0 Å². The van der Waals surface area contributed by atoms with Crippen LogP contribution < -0.4 is 10.9 Å². The molecule has 0 unspecified atom stereocenters. The molecule has 1 heterocycles. The molecule has 2 aromatic carbocycles. The molecule has 132 valence electrons. The quantitative estimate of drug-likeness (QED) is 0.742. The Hall–Kier alpha value is -3.14. The van der Waals surface area contributed by atoms with E-state index in [0.717, 1.165) is 23.2 Å². The molecular weight excluding hydrogens is 324 g/mol. The van der Waals surface area contributed by atoms with Crippen LogP contribution in [0.5, 0.6) is 0 Å². The highest BCUT2D eigenvalue weighted by molar-refractivity contribution is 5.94. The number of hydrogen-bond donors (Lipinski definition) is 2. The van der Waals surface area contributed by atoms with Crippen LogP contribution in [0.4, 0.5) is 0 Å². The van der Waals surface area contributed by atoms with E-state index in [0.29, 0.717) is 11.1 Å². The summed E-state index contributed by atoms with van der Waals surface area (Å²) in [6.45, 7) is 3.93. The molecule has 0 atom stereocenters. The van der Waals surface area contributed by atoms with Crippen LogP contribution in [0.15, 0.2) is 65.5 Å². The maximum Gasteiger partial charge on any atom is 0.253 e. The topological polar surface area (TPSA) is 62.0 Å². The Labute approximate surface area is 152 Å². The second kappa shape index (κ2) is 7.83. The molecule has 0 fully saturated rings. The summed E-state index contributed by atoms with van der Waals surface area (Å²) in [7, 11) is 0. The number of H-pyrrole nitrogens is 1. The Morgan fingerprint density at radius 1 is 0.962 bits per heavy atom. The maximum atomic E-state index is 12.4. The monoisotopic (exact) mass is 346 g/mol. The second-order valence-electron chi connectivity index (χ2n) is 6.49. The molecular formula is C22H22N2O2. The van der Waals surface area contributed by atoms with E-state index in [9.17, 15) is 9.59 Å². The van der Waals surface area contributed by atoms with Gasteiger partial charge in [-0.3, -0.25) is 9.59 Å². The number of carbonyl (C=O) groups excluding carboxylic acids is 1. The van der Waals surface area contributed by atoms with E-state index >= 15 is 0 Å². The summed E-state index contributed by atoms with van der Waals surface area (Å²) >= 11 is 0. The Bertz CT molecular complexity index is 958. The molecule has 4 heteroatoms. The first-order valence-corrected chi connectivity index (χ1v) is 8.63. The van der Waals surface area contributed by atoms with E-state index in [1.54, 1.807) is 0 Å².